The third kappa shape index (κ3) is 4.08. The number of fused-ring (bicyclic) bond motifs is 1. The predicted molar refractivity (Wildman–Crippen MR) is 124 cm³/mol. The lowest BCUT2D eigenvalue weighted by atomic mass is 10.0. The third-order valence-electron chi connectivity index (χ3n) is 6.24. The fourth-order valence-corrected chi connectivity index (χ4v) is 5.77. The van der Waals surface area contributed by atoms with Crippen molar-refractivity contribution in [2.75, 3.05) is 24.7 Å². The number of ether oxygens (including phenoxy) is 1. The number of pyridine rings is 1. The Morgan fingerprint density at radius 3 is 2.87 bits per heavy atom. The van der Waals surface area contributed by atoms with Crippen molar-refractivity contribution < 1.29 is 9.53 Å². The highest BCUT2D eigenvalue weighted by atomic mass is 32.2. The summed E-state index contributed by atoms with van der Waals surface area (Å²) in [4.78, 5) is 21.0. The number of nitrogens with zero attached hydrogens (tertiary/aromatic N) is 4. The van der Waals surface area contributed by atoms with Gasteiger partial charge in [-0.25, -0.2) is 9.67 Å². The van der Waals surface area contributed by atoms with Crippen LogP contribution < -0.4 is 0 Å². The summed E-state index contributed by atoms with van der Waals surface area (Å²) in [7, 11) is 0. The van der Waals surface area contributed by atoms with Crippen LogP contribution in [0, 0.1) is 0 Å². The number of rotatable bonds is 6. The van der Waals surface area contributed by atoms with Crippen molar-refractivity contribution in [2.24, 2.45) is 0 Å². The molecule has 7 heteroatoms. The maximum absolute atomic E-state index is 14.0. The number of hydrogen-bond donors (Lipinski definition) is 0. The number of aromatic nitrogens is 3. The van der Waals surface area contributed by atoms with Crippen molar-refractivity contribution in [1.29, 1.82) is 0 Å². The minimum atomic E-state index is 0.0724. The van der Waals surface area contributed by atoms with Gasteiger partial charge < -0.3 is 9.64 Å². The zero-order chi connectivity index (χ0) is 21.2. The van der Waals surface area contributed by atoms with E-state index in [2.05, 4.69) is 10.00 Å². The zero-order valence-corrected chi connectivity index (χ0v) is 18.7. The highest BCUT2D eigenvalue weighted by Gasteiger charge is 2.32. The molecule has 2 saturated heterocycles. The first-order valence-electron chi connectivity index (χ1n) is 11.2. The van der Waals surface area contributed by atoms with Gasteiger partial charge in [-0.3, -0.25) is 4.79 Å². The van der Waals surface area contributed by atoms with Gasteiger partial charge in [0.25, 0.3) is 5.91 Å². The van der Waals surface area contributed by atoms with Crippen LogP contribution in [0.15, 0.2) is 42.6 Å². The Morgan fingerprint density at radius 2 is 2.16 bits per heavy atom. The summed E-state index contributed by atoms with van der Waals surface area (Å²) >= 11 is 1.93. The summed E-state index contributed by atoms with van der Waals surface area (Å²) in [5.41, 5.74) is 3.28. The van der Waals surface area contributed by atoms with Gasteiger partial charge in [0.15, 0.2) is 5.65 Å². The van der Waals surface area contributed by atoms with E-state index in [1.807, 2.05) is 59.8 Å². The second kappa shape index (κ2) is 9.01. The Labute approximate surface area is 187 Å². The van der Waals surface area contributed by atoms with E-state index in [1.54, 1.807) is 6.20 Å². The van der Waals surface area contributed by atoms with Crippen molar-refractivity contribution in [3.8, 4) is 11.3 Å². The molecule has 2 aliphatic rings. The summed E-state index contributed by atoms with van der Waals surface area (Å²) in [5.74, 6) is 2.17. The molecule has 31 heavy (non-hydrogen) atoms. The van der Waals surface area contributed by atoms with E-state index < -0.39 is 0 Å². The summed E-state index contributed by atoms with van der Waals surface area (Å²) in [5, 5.41) is 5.33. The van der Waals surface area contributed by atoms with Crippen LogP contribution in [0.25, 0.3) is 22.3 Å². The van der Waals surface area contributed by atoms with E-state index in [1.165, 1.54) is 0 Å². The first kappa shape index (κ1) is 20.5. The monoisotopic (exact) mass is 436 g/mol. The Hall–Kier alpha value is -2.38. The lowest BCUT2D eigenvalue weighted by Gasteiger charge is -2.31. The summed E-state index contributed by atoms with van der Waals surface area (Å²) in [6.45, 7) is 4.22. The summed E-state index contributed by atoms with van der Waals surface area (Å²) in [6.07, 6.45) is 5.07. The number of benzene rings is 1. The van der Waals surface area contributed by atoms with Crippen LogP contribution >= 0.6 is 11.8 Å². The normalized spacial score (nSPS) is 21.1. The van der Waals surface area contributed by atoms with Crippen molar-refractivity contribution in [3.05, 3.63) is 48.2 Å². The number of amides is 1. The van der Waals surface area contributed by atoms with Gasteiger partial charge in [-0.1, -0.05) is 30.3 Å². The van der Waals surface area contributed by atoms with Gasteiger partial charge in [-0.05, 0) is 38.0 Å². The van der Waals surface area contributed by atoms with Crippen LogP contribution in [0.2, 0.25) is 0 Å². The molecule has 2 atom stereocenters. The SMILES string of the molecule is CCn1ncc2c(C(=O)N(C[C@@H]3CCCO3)[C@@H]3CCSC3)cc(-c3ccccc3)nc21. The Balaban J connectivity index is 1.59. The van der Waals surface area contributed by atoms with Crippen LogP contribution in [-0.4, -0.2) is 62.4 Å². The number of aryl methyl sites for hydroxylation is 1. The molecule has 0 radical (unpaired) electrons. The van der Waals surface area contributed by atoms with Crippen LogP contribution in [0.3, 0.4) is 0 Å². The van der Waals surface area contributed by atoms with Crippen LogP contribution in [-0.2, 0) is 11.3 Å². The Kier molecular flexibility index (Phi) is 5.96. The molecule has 0 spiro atoms. The van der Waals surface area contributed by atoms with E-state index in [-0.39, 0.29) is 18.1 Å². The van der Waals surface area contributed by atoms with E-state index in [9.17, 15) is 4.79 Å². The molecular formula is C24H28N4O2S. The van der Waals surface area contributed by atoms with Crippen molar-refractivity contribution >= 4 is 28.7 Å². The quantitative estimate of drug-likeness (QED) is 0.578. The molecule has 0 aliphatic carbocycles. The average Bonchev–Trinajstić information content (AvgIpc) is 3.58. The number of thioether (sulfide) groups is 1. The minimum absolute atomic E-state index is 0.0724. The second-order valence-electron chi connectivity index (χ2n) is 8.23. The highest BCUT2D eigenvalue weighted by molar-refractivity contribution is 7.99. The van der Waals surface area contributed by atoms with E-state index in [0.29, 0.717) is 18.7 Å². The van der Waals surface area contributed by atoms with Crippen LogP contribution in [0.4, 0.5) is 0 Å². The number of hydrogen-bond acceptors (Lipinski definition) is 5. The molecule has 3 aromatic rings. The first-order chi connectivity index (χ1) is 15.2. The second-order valence-corrected chi connectivity index (χ2v) is 9.38. The molecule has 1 aromatic carbocycles. The van der Waals surface area contributed by atoms with Gasteiger partial charge in [0, 0.05) is 37.1 Å². The molecule has 6 nitrogen and oxygen atoms in total. The van der Waals surface area contributed by atoms with Crippen molar-refractivity contribution in [1.82, 2.24) is 19.7 Å². The van der Waals surface area contributed by atoms with Gasteiger partial charge in [-0.15, -0.1) is 0 Å². The van der Waals surface area contributed by atoms with E-state index >= 15 is 0 Å². The van der Waals surface area contributed by atoms with Crippen molar-refractivity contribution in [2.45, 2.75) is 44.9 Å². The summed E-state index contributed by atoms with van der Waals surface area (Å²) in [6, 6.07) is 12.3. The maximum atomic E-state index is 14.0. The van der Waals surface area contributed by atoms with Gasteiger partial charge >= 0.3 is 0 Å². The molecule has 162 valence electrons. The molecule has 0 bridgehead atoms. The fraction of sp³-hybridized carbons (Fsp3) is 0.458. The Bertz CT molecular complexity index is 1060. The predicted octanol–water partition coefficient (Wildman–Crippen LogP) is 4.24. The third-order valence-corrected chi connectivity index (χ3v) is 7.39. The molecule has 5 rings (SSSR count). The summed E-state index contributed by atoms with van der Waals surface area (Å²) < 4.78 is 7.77. The lowest BCUT2D eigenvalue weighted by Crippen LogP contribution is -2.44. The molecule has 4 heterocycles. The maximum Gasteiger partial charge on any atom is 0.255 e. The minimum Gasteiger partial charge on any atom is -0.376 e. The van der Waals surface area contributed by atoms with Crippen LogP contribution in [0.1, 0.15) is 36.5 Å². The molecule has 2 aliphatic heterocycles. The Morgan fingerprint density at radius 1 is 1.29 bits per heavy atom. The van der Waals surface area contributed by atoms with Gasteiger partial charge in [0.05, 0.1) is 28.9 Å². The highest BCUT2D eigenvalue weighted by Crippen LogP contribution is 2.30. The number of carbonyl (C=O) groups is 1. The number of carbonyl (C=O) groups excluding carboxylic acids is 1. The first-order valence-corrected chi connectivity index (χ1v) is 12.3. The molecule has 0 unspecified atom stereocenters. The molecule has 2 aromatic heterocycles. The molecule has 0 saturated carbocycles. The average molecular weight is 437 g/mol. The standard InChI is InChI=1S/C24H28N4O2S/c1-2-28-23-21(14-25-28)20(13-22(26-23)17-7-4-3-5-8-17)24(29)27(18-10-12-31-16-18)15-19-9-6-11-30-19/h3-5,7-8,13-14,18-19H,2,6,9-12,15-16H2,1H3/t18-,19+/m1/s1. The van der Waals surface area contributed by atoms with E-state index in [0.717, 1.165) is 59.7 Å². The zero-order valence-electron chi connectivity index (χ0n) is 17.9. The van der Waals surface area contributed by atoms with E-state index in [4.69, 9.17) is 9.72 Å². The lowest BCUT2D eigenvalue weighted by molar-refractivity contribution is 0.0443. The smallest absolute Gasteiger partial charge is 0.255 e. The fourth-order valence-electron chi connectivity index (χ4n) is 4.54. The van der Waals surface area contributed by atoms with Gasteiger partial charge in [-0.2, -0.15) is 16.9 Å². The van der Waals surface area contributed by atoms with Crippen molar-refractivity contribution in [3.63, 3.8) is 0 Å². The van der Waals surface area contributed by atoms with Crippen LogP contribution in [0.5, 0.6) is 0 Å². The molecule has 2 fully saturated rings. The topological polar surface area (TPSA) is 60.2 Å². The molecule has 1 amide bonds. The molecule has 0 N–H and O–H groups in total. The largest absolute Gasteiger partial charge is 0.376 e. The van der Waals surface area contributed by atoms with Gasteiger partial charge in [0.2, 0.25) is 0 Å². The van der Waals surface area contributed by atoms with Gasteiger partial charge in [0.1, 0.15) is 0 Å². The molecular weight excluding hydrogens is 408 g/mol.